The van der Waals surface area contributed by atoms with Gasteiger partial charge >= 0.3 is 6.03 Å². The van der Waals surface area contributed by atoms with Crippen molar-refractivity contribution in [3.63, 3.8) is 0 Å². The van der Waals surface area contributed by atoms with Gasteiger partial charge in [-0.25, -0.2) is 4.79 Å². The molecule has 0 radical (unpaired) electrons. The van der Waals surface area contributed by atoms with E-state index >= 15 is 0 Å². The zero-order valence-electron chi connectivity index (χ0n) is 11.1. The first kappa shape index (κ1) is 14.0. The van der Waals surface area contributed by atoms with Crippen LogP contribution in [0.1, 0.15) is 13.8 Å². The molecule has 0 saturated carbocycles. The van der Waals surface area contributed by atoms with Crippen LogP contribution in [0.5, 0.6) is 0 Å². The molecule has 0 aromatic heterocycles. The average molecular weight is 244 g/mol. The van der Waals surface area contributed by atoms with Gasteiger partial charge in [-0.1, -0.05) is 31.4 Å². The maximum absolute atomic E-state index is 12.3. The molecule has 3 heteroatoms. The average Bonchev–Trinajstić information content (AvgIpc) is 2.67. The Bertz CT molecular complexity index is 443. The van der Waals surface area contributed by atoms with Crippen molar-refractivity contribution >= 4 is 6.03 Å². The van der Waals surface area contributed by atoms with Crippen molar-refractivity contribution in [1.29, 1.82) is 0 Å². The van der Waals surface area contributed by atoms with Crippen molar-refractivity contribution < 1.29 is 4.79 Å². The van der Waals surface area contributed by atoms with E-state index in [1.807, 2.05) is 19.9 Å². The highest BCUT2D eigenvalue weighted by Gasteiger charge is 2.30. The van der Waals surface area contributed by atoms with Crippen LogP contribution in [0, 0.1) is 0 Å². The molecule has 1 fully saturated rings. The highest BCUT2D eigenvalue weighted by molar-refractivity contribution is 5.81. The number of hydrogen-bond donors (Lipinski definition) is 0. The van der Waals surface area contributed by atoms with Crippen LogP contribution in [0.2, 0.25) is 0 Å². The summed E-state index contributed by atoms with van der Waals surface area (Å²) < 4.78 is 0. The van der Waals surface area contributed by atoms with Crippen molar-refractivity contribution in [3.8, 4) is 0 Å². The first-order chi connectivity index (χ1) is 8.51. The highest BCUT2D eigenvalue weighted by atomic mass is 16.2. The van der Waals surface area contributed by atoms with Crippen molar-refractivity contribution in [2.75, 3.05) is 13.1 Å². The van der Waals surface area contributed by atoms with E-state index in [0.29, 0.717) is 13.1 Å². The van der Waals surface area contributed by atoms with Crippen molar-refractivity contribution in [1.82, 2.24) is 9.80 Å². The summed E-state index contributed by atoms with van der Waals surface area (Å²) >= 11 is 0. The third-order valence-electron chi connectivity index (χ3n) is 2.70. The van der Waals surface area contributed by atoms with E-state index in [2.05, 4.69) is 19.7 Å². The number of amides is 2. The zero-order chi connectivity index (χ0) is 13.7. The van der Waals surface area contributed by atoms with E-state index in [-0.39, 0.29) is 6.03 Å². The molecule has 2 amide bonds. The number of nitrogens with zero attached hydrogens (tertiary/aromatic N) is 2. The molecule has 1 aliphatic rings. The lowest BCUT2D eigenvalue weighted by Gasteiger charge is -2.19. The van der Waals surface area contributed by atoms with Crippen molar-refractivity contribution in [3.05, 3.63) is 61.0 Å². The summed E-state index contributed by atoms with van der Waals surface area (Å²) in [6, 6.07) is -0.0296. The Kier molecular flexibility index (Phi) is 4.72. The van der Waals surface area contributed by atoms with E-state index in [4.69, 9.17) is 0 Å². The van der Waals surface area contributed by atoms with E-state index in [1.54, 1.807) is 28.0 Å². The number of rotatable bonds is 5. The van der Waals surface area contributed by atoms with Gasteiger partial charge in [0.1, 0.15) is 0 Å². The van der Waals surface area contributed by atoms with Crippen LogP contribution in [0.15, 0.2) is 61.0 Å². The van der Waals surface area contributed by atoms with Crippen molar-refractivity contribution in [2.24, 2.45) is 0 Å². The maximum atomic E-state index is 12.3. The smallest absolute Gasteiger partial charge is 0.296 e. The van der Waals surface area contributed by atoms with Gasteiger partial charge in [0, 0.05) is 24.5 Å². The molecule has 18 heavy (non-hydrogen) atoms. The van der Waals surface area contributed by atoms with E-state index < -0.39 is 0 Å². The lowest BCUT2D eigenvalue weighted by Crippen LogP contribution is -2.29. The number of carbonyl (C=O) groups is 1. The predicted molar refractivity (Wildman–Crippen MR) is 75.9 cm³/mol. The monoisotopic (exact) mass is 244 g/mol. The van der Waals surface area contributed by atoms with Gasteiger partial charge in [-0.3, -0.25) is 9.80 Å². The Labute approximate surface area is 109 Å². The van der Waals surface area contributed by atoms with Gasteiger partial charge in [-0.2, -0.15) is 0 Å². The molecule has 0 aromatic rings. The Morgan fingerprint density at radius 2 is 1.83 bits per heavy atom. The minimum absolute atomic E-state index is 0.0296. The highest BCUT2D eigenvalue weighted by Crippen LogP contribution is 2.20. The van der Waals surface area contributed by atoms with E-state index in [1.165, 1.54) is 0 Å². The van der Waals surface area contributed by atoms with Crippen LogP contribution in [0.4, 0.5) is 4.79 Å². The second kappa shape index (κ2) is 6.05. The van der Waals surface area contributed by atoms with Gasteiger partial charge in [0.05, 0.1) is 0 Å². The SMILES string of the molecule is C=C/C=C(\C=C)N1CCN(/C(C)=C/C(=C)C)C1=O. The standard InChI is InChI=1S/C15H20N2O/c1-6-8-14(7-2)17-10-9-16(15(17)18)13(5)11-12(3)4/h6-8,11H,1-3,9-10H2,4-5H3/b13-11+,14-8+. The molecule has 0 spiro atoms. The van der Waals surface area contributed by atoms with Gasteiger partial charge in [0.25, 0.3) is 0 Å². The zero-order valence-corrected chi connectivity index (χ0v) is 11.1. The topological polar surface area (TPSA) is 23.6 Å². The van der Waals surface area contributed by atoms with Crippen LogP contribution in [0.25, 0.3) is 0 Å². The third-order valence-corrected chi connectivity index (χ3v) is 2.70. The van der Waals surface area contributed by atoms with Gasteiger partial charge < -0.3 is 0 Å². The molecule has 0 N–H and O–H groups in total. The third kappa shape index (κ3) is 3.00. The largest absolute Gasteiger partial charge is 0.328 e. The molecule has 96 valence electrons. The number of hydrogen-bond acceptors (Lipinski definition) is 1. The summed E-state index contributed by atoms with van der Waals surface area (Å²) in [4.78, 5) is 15.7. The van der Waals surface area contributed by atoms with E-state index in [0.717, 1.165) is 17.0 Å². The van der Waals surface area contributed by atoms with Gasteiger partial charge in [0.15, 0.2) is 0 Å². The lowest BCUT2D eigenvalue weighted by molar-refractivity contribution is 0.209. The van der Waals surface area contributed by atoms with Crippen LogP contribution in [0.3, 0.4) is 0 Å². The number of urea groups is 1. The summed E-state index contributed by atoms with van der Waals surface area (Å²) in [6.45, 7) is 16.3. The Hall–Kier alpha value is -2.03. The molecular formula is C15H20N2O. The van der Waals surface area contributed by atoms with Gasteiger partial charge in [0.2, 0.25) is 0 Å². The minimum Gasteiger partial charge on any atom is -0.296 e. The molecule has 3 nitrogen and oxygen atoms in total. The van der Waals surface area contributed by atoms with Crippen LogP contribution < -0.4 is 0 Å². The first-order valence-electron chi connectivity index (χ1n) is 5.89. The first-order valence-corrected chi connectivity index (χ1v) is 5.89. The second-order valence-corrected chi connectivity index (χ2v) is 4.25. The normalized spacial score (nSPS) is 17.1. The van der Waals surface area contributed by atoms with Crippen LogP contribution in [-0.2, 0) is 0 Å². The molecule has 1 heterocycles. The Morgan fingerprint density at radius 1 is 1.22 bits per heavy atom. The second-order valence-electron chi connectivity index (χ2n) is 4.25. The molecule has 0 bridgehead atoms. The summed E-state index contributed by atoms with van der Waals surface area (Å²) in [6.07, 6.45) is 7.02. The van der Waals surface area contributed by atoms with Crippen LogP contribution >= 0.6 is 0 Å². The number of carbonyl (C=O) groups excluding carboxylic acids is 1. The molecule has 1 saturated heterocycles. The maximum Gasteiger partial charge on any atom is 0.328 e. The fourth-order valence-corrected chi connectivity index (χ4v) is 1.93. The molecule has 0 unspecified atom stereocenters. The molecule has 1 aliphatic heterocycles. The quantitative estimate of drug-likeness (QED) is 0.679. The molecule has 0 aliphatic carbocycles. The van der Waals surface area contributed by atoms with Crippen LogP contribution in [-0.4, -0.2) is 28.9 Å². The molecule has 1 rings (SSSR count). The van der Waals surface area contributed by atoms with Gasteiger partial charge in [-0.15, -0.1) is 0 Å². The summed E-state index contributed by atoms with van der Waals surface area (Å²) in [5, 5.41) is 0. The molecule has 0 aromatic carbocycles. The summed E-state index contributed by atoms with van der Waals surface area (Å²) in [5.74, 6) is 0. The summed E-state index contributed by atoms with van der Waals surface area (Å²) in [7, 11) is 0. The van der Waals surface area contributed by atoms with Crippen molar-refractivity contribution in [2.45, 2.75) is 13.8 Å². The fraction of sp³-hybridized carbons (Fsp3) is 0.267. The van der Waals surface area contributed by atoms with Gasteiger partial charge in [-0.05, 0) is 32.1 Å². The summed E-state index contributed by atoms with van der Waals surface area (Å²) in [5.41, 5.74) is 2.63. The molecule has 0 atom stereocenters. The fourth-order valence-electron chi connectivity index (χ4n) is 1.93. The predicted octanol–water partition coefficient (Wildman–Crippen LogP) is 3.46. The lowest BCUT2D eigenvalue weighted by atomic mass is 10.3. The molecular weight excluding hydrogens is 224 g/mol. The Balaban J connectivity index is 2.91. The number of allylic oxidation sites excluding steroid dienone is 6. The Morgan fingerprint density at radius 3 is 2.33 bits per heavy atom. The minimum atomic E-state index is -0.0296. The van der Waals surface area contributed by atoms with E-state index in [9.17, 15) is 4.79 Å².